The molecule has 1 heterocycles. The van der Waals surface area contributed by atoms with Gasteiger partial charge in [-0.1, -0.05) is 24.6 Å². The molecule has 0 saturated carbocycles. The van der Waals surface area contributed by atoms with E-state index < -0.39 is 35.0 Å². The Morgan fingerprint density at radius 3 is 2.55 bits per heavy atom. The van der Waals surface area contributed by atoms with Crippen LogP contribution in [0.4, 0.5) is 13.2 Å². The van der Waals surface area contributed by atoms with E-state index in [0.717, 1.165) is 12.1 Å². The predicted octanol–water partition coefficient (Wildman–Crippen LogP) is 5.55. The monoisotopic (exact) mass is 456 g/mol. The molecule has 31 heavy (non-hydrogen) atoms. The molecule has 3 rings (SSSR count). The summed E-state index contributed by atoms with van der Waals surface area (Å²) in [6.45, 7) is 4.29. The molecule has 1 unspecified atom stereocenters. The van der Waals surface area contributed by atoms with Crippen molar-refractivity contribution in [2.24, 2.45) is 5.92 Å². The molecule has 0 radical (unpaired) electrons. The molecule has 9 heteroatoms. The summed E-state index contributed by atoms with van der Waals surface area (Å²) in [6.07, 6.45) is -4.76. The molecule has 1 aliphatic heterocycles. The van der Waals surface area contributed by atoms with E-state index in [1.54, 1.807) is 13.8 Å². The zero-order valence-electron chi connectivity index (χ0n) is 17.0. The quantitative estimate of drug-likeness (QED) is 0.616. The average molecular weight is 457 g/mol. The van der Waals surface area contributed by atoms with Crippen molar-refractivity contribution in [1.82, 2.24) is 0 Å². The van der Waals surface area contributed by atoms with Crippen molar-refractivity contribution in [3.8, 4) is 11.5 Å². The lowest BCUT2D eigenvalue weighted by atomic mass is 9.98. The zero-order valence-corrected chi connectivity index (χ0v) is 17.7. The van der Waals surface area contributed by atoms with E-state index in [2.05, 4.69) is 0 Å². The highest BCUT2D eigenvalue weighted by molar-refractivity contribution is 6.31. The summed E-state index contributed by atoms with van der Waals surface area (Å²) in [5, 5.41) is 9.24. The molecule has 166 valence electrons. The van der Waals surface area contributed by atoms with E-state index in [9.17, 15) is 22.8 Å². The van der Waals surface area contributed by atoms with E-state index in [0.29, 0.717) is 5.56 Å². The van der Waals surface area contributed by atoms with Crippen molar-refractivity contribution >= 4 is 23.4 Å². The molecule has 1 N–H and O–H groups in total. The van der Waals surface area contributed by atoms with Gasteiger partial charge in [0.05, 0.1) is 17.0 Å². The van der Waals surface area contributed by atoms with Gasteiger partial charge in [0.2, 0.25) is 5.78 Å². The minimum Gasteiger partial charge on any atom is -0.488 e. The van der Waals surface area contributed by atoms with Crippen molar-refractivity contribution in [3.63, 3.8) is 0 Å². The fourth-order valence-corrected chi connectivity index (χ4v) is 3.56. The molecule has 0 saturated heterocycles. The van der Waals surface area contributed by atoms with Gasteiger partial charge in [-0.25, -0.2) is 0 Å². The maximum atomic E-state index is 13.6. The largest absolute Gasteiger partial charge is 0.488 e. The SMILES string of the molecule is CC(Cc1ccc(OCc2cc(Cl)cc3c2OC(C)(C)C3=O)c(C(F)(F)F)c1)C(=O)O. The van der Waals surface area contributed by atoms with E-state index in [1.807, 2.05) is 0 Å². The first-order chi connectivity index (χ1) is 14.3. The molecule has 0 amide bonds. The number of carboxylic acids is 1. The molecule has 0 fully saturated rings. The molecule has 0 spiro atoms. The number of rotatable bonds is 6. The van der Waals surface area contributed by atoms with Gasteiger partial charge >= 0.3 is 12.1 Å². The highest BCUT2D eigenvalue weighted by Crippen LogP contribution is 2.41. The Labute approximate surface area is 181 Å². The summed E-state index contributed by atoms with van der Waals surface area (Å²) in [7, 11) is 0. The van der Waals surface area contributed by atoms with Crippen LogP contribution in [-0.4, -0.2) is 22.5 Å². The highest BCUT2D eigenvalue weighted by Gasteiger charge is 2.41. The van der Waals surface area contributed by atoms with Gasteiger partial charge < -0.3 is 14.6 Å². The Balaban J connectivity index is 1.90. The van der Waals surface area contributed by atoms with Crippen molar-refractivity contribution in [3.05, 3.63) is 57.6 Å². The third-order valence-electron chi connectivity index (χ3n) is 4.98. The highest BCUT2D eigenvalue weighted by atomic mass is 35.5. The number of hydrogen-bond acceptors (Lipinski definition) is 4. The maximum Gasteiger partial charge on any atom is 0.419 e. The van der Waals surface area contributed by atoms with Crippen LogP contribution >= 0.6 is 11.6 Å². The van der Waals surface area contributed by atoms with Crippen LogP contribution in [0.15, 0.2) is 30.3 Å². The number of carbonyl (C=O) groups is 2. The summed E-state index contributed by atoms with van der Waals surface area (Å²) < 4.78 is 52.0. The summed E-state index contributed by atoms with van der Waals surface area (Å²) in [4.78, 5) is 23.4. The van der Waals surface area contributed by atoms with Crippen molar-refractivity contribution < 1.29 is 37.3 Å². The standard InChI is InChI=1S/C22H20ClF3O5/c1-11(20(28)29)6-12-4-5-17(16(7-12)22(24,25)26)30-10-13-8-14(23)9-15-18(13)31-21(2,3)19(15)27/h4-5,7-9,11H,6,10H2,1-3H3,(H,28,29). The zero-order chi connectivity index (χ0) is 23.1. The van der Waals surface area contributed by atoms with Crippen molar-refractivity contribution in [2.75, 3.05) is 0 Å². The van der Waals surface area contributed by atoms with Crippen molar-refractivity contribution in [1.29, 1.82) is 0 Å². The normalized spacial score (nSPS) is 15.9. The molecule has 1 aliphatic rings. The van der Waals surface area contributed by atoms with Crippen LogP contribution in [0.25, 0.3) is 0 Å². The summed E-state index contributed by atoms with van der Waals surface area (Å²) in [6, 6.07) is 6.38. The number of hydrogen-bond donors (Lipinski definition) is 1. The Kier molecular flexibility index (Phi) is 5.97. The van der Waals surface area contributed by atoms with Crippen LogP contribution in [0, 0.1) is 5.92 Å². The molecule has 5 nitrogen and oxygen atoms in total. The number of fused-ring (bicyclic) bond motifs is 1. The number of Topliss-reactive ketones (excluding diaryl/α,β-unsaturated/α-hetero) is 1. The molecule has 1 atom stereocenters. The van der Waals surface area contributed by atoms with Crippen LogP contribution in [-0.2, 0) is 24.0 Å². The molecule has 2 aromatic rings. The Hall–Kier alpha value is -2.74. The van der Waals surface area contributed by atoms with E-state index >= 15 is 0 Å². The first-order valence-corrected chi connectivity index (χ1v) is 9.79. The molecular formula is C22H20ClF3O5. The summed E-state index contributed by atoms with van der Waals surface area (Å²) >= 11 is 6.08. The van der Waals surface area contributed by atoms with Crippen LogP contribution in [0.3, 0.4) is 0 Å². The van der Waals surface area contributed by atoms with Gasteiger partial charge in [-0.3, -0.25) is 9.59 Å². The second-order valence-corrected chi connectivity index (χ2v) is 8.38. The number of alkyl halides is 3. The van der Waals surface area contributed by atoms with Crippen LogP contribution in [0.1, 0.15) is 47.8 Å². The van der Waals surface area contributed by atoms with Gasteiger partial charge in [-0.05, 0) is 50.1 Å². The number of ether oxygens (including phenoxy) is 2. The topological polar surface area (TPSA) is 72.8 Å². The van der Waals surface area contributed by atoms with Crippen molar-refractivity contribution in [2.45, 2.75) is 45.6 Å². The van der Waals surface area contributed by atoms with Crippen LogP contribution < -0.4 is 9.47 Å². The average Bonchev–Trinajstić information content (AvgIpc) is 2.89. The fraction of sp³-hybridized carbons (Fsp3) is 0.364. The van der Waals surface area contributed by atoms with Gasteiger partial charge in [-0.2, -0.15) is 13.2 Å². The summed E-state index contributed by atoms with van der Waals surface area (Å²) in [5.41, 5.74) is -1.29. The van der Waals surface area contributed by atoms with Gasteiger partial charge in [0, 0.05) is 10.6 Å². The molecule has 0 bridgehead atoms. The predicted molar refractivity (Wildman–Crippen MR) is 107 cm³/mol. The number of carbonyl (C=O) groups excluding carboxylic acids is 1. The van der Waals surface area contributed by atoms with Gasteiger partial charge in [-0.15, -0.1) is 0 Å². The first-order valence-electron chi connectivity index (χ1n) is 9.41. The van der Waals surface area contributed by atoms with Gasteiger partial charge in [0.25, 0.3) is 0 Å². The Bertz CT molecular complexity index is 1050. The number of aliphatic carboxylic acids is 1. The lowest BCUT2D eigenvalue weighted by Gasteiger charge is -2.18. The third kappa shape index (κ3) is 4.79. The first kappa shape index (κ1) is 22.9. The minimum absolute atomic E-state index is 0.0501. The molecule has 0 aliphatic carbocycles. The Morgan fingerprint density at radius 1 is 1.26 bits per heavy atom. The van der Waals surface area contributed by atoms with Gasteiger partial charge in [0.15, 0.2) is 5.60 Å². The molecular weight excluding hydrogens is 437 g/mol. The smallest absolute Gasteiger partial charge is 0.419 e. The van der Waals surface area contributed by atoms with E-state index in [1.165, 1.54) is 25.1 Å². The lowest BCUT2D eigenvalue weighted by Crippen LogP contribution is -2.32. The second-order valence-electron chi connectivity index (χ2n) is 7.94. The number of halogens is 4. The van der Waals surface area contributed by atoms with E-state index in [-0.39, 0.29) is 40.7 Å². The number of carboxylic acid groups (broad SMARTS) is 1. The van der Waals surface area contributed by atoms with Crippen LogP contribution in [0.2, 0.25) is 5.02 Å². The minimum atomic E-state index is -4.71. The van der Waals surface area contributed by atoms with E-state index in [4.69, 9.17) is 26.2 Å². The number of benzene rings is 2. The lowest BCUT2D eigenvalue weighted by molar-refractivity contribution is -0.141. The maximum absolute atomic E-state index is 13.6. The second kappa shape index (κ2) is 8.07. The Morgan fingerprint density at radius 2 is 1.94 bits per heavy atom. The molecule has 0 aromatic heterocycles. The third-order valence-corrected chi connectivity index (χ3v) is 5.19. The number of ketones is 1. The van der Waals surface area contributed by atoms with Gasteiger partial charge in [0.1, 0.15) is 18.1 Å². The molecule has 2 aromatic carbocycles. The fourth-order valence-electron chi connectivity index (χ4n) is 3.32. The van der Waals surface area contributed by atoms with Crippen LogP contribution in [0.5, 0.6) is 11.5 Å². The summed E-state index contributed by atoms with van der Waals surface area (Å²) in [5.74, 6) is -2.39.